The minimum atomic E-state index is -0.698. The summed E-state index contributed by atoms with van der Waals surface area (Å²) in [5, 5.41) is 5.45. The number of hydrogen-bond donors (Lipinski definition) is 2. The maximum absolute atomic E-state index is 12.4. The maximum Gasteiger partial charge on any atom is 0.408 e. The Balaban J connectivity index is 1.93. The first-order valence-electron chi connectivity index (χ1n) is 9.97. The summed E-state index contributed by atoms with van der Waals surface area (Å²) in [4.78, 5) is 29.1. The Labute approximate surface area is 168 Å². The largest absolute Gasteiger partial charge is 0.444 e. The van der Waals surface area contributed by atoms with E-state index < -0.39 is 17.7 Å². The van der Waals surface area contributed by atoms with E-state index in [-0.39, 0.29) is 5.91 Å². The van der Waals surface area contributed by atoms with Gasteiger partial charge in [-0.1, -0.05) is 6.92 Å². The molecule has 1 heterocycles. The molecule has 28 heavy (non-hydrogen) atoms. The number of piperazine rings is 1. The van der Waals surface area contributed by atoms with E-state index >= 15 is 0 Å². The number of nitrogens with zero attached hydrogens (tertiary/aromatic N) is 2. The standard InChI is InChI=1S/C21H34N4O3/c1-7-24-10-12-25(13-11-24)17-8-9-18(15(2)14-17)23-19(26)16(3)22-20(27)28-21(4,5)6/h8-9,14,16H,7,10-13H2,1-6H3,(H,22,27)(H,23,26)/t16-/m1/s1. The van der Waals surface area contributed by atoms with Crippen LogP contribution >= 0.6 is 0 Å². The van der Waals surface area contributed by atoms with Crippen molar-refractivity contribution >= 4 is 23.4 Å². The highest BCUT2D eigenvalue weighted by molar-refractivity contribution is 5.97. The van der Waals surface area contributed by atoms with Crippen molar-refractivity contribution in [1.29, 1.82) is 0 Å². The van der Waals surface area contributed by atoms with Gasteiger partial charge in [-0.05, 0) is 64.9 Å². The first-order valence-corrected chi connectivity index (χ1v) is 9.97. The van der Waals surface area contributed by atoms with Gasteiger partial charge in [-0.2, -0.15) is 0 Å². The first kappa shape index (κ1) is 22.0. The first-order chi connectivity index (χ1) is 13.1. The molecule has 0 aliphatic carbocycles. The fourth-order valence-corrected chi connectivity index (χ4v) is 3.10. The molecule has 0 spiro atoms. The predicted molar refractivity (Wildman–Crippen MR) is 113 cm³/mol. The average molecular weight is 391 g/mol. The molecule has 2 N–H and O–H groups in total. The van der Waals surface area contributed by atoms with Crippen LogP contribution in [0.15, 0.2) is 18.2 Å². The lowest BCUT2D eigenvalue weighted by atomic mass is 10.1. The summed E-state index contributed by atoms with van der Waals surface area (Å²) in [5.41, 5.74) is 2.31. The van der Waals surface area contributed by atoms with E-state index in [9.17, 15) is 9.59 Å². The SMILES string of the molecule is CCN1CCN(c2ccc(NC(=O)[C@@H](C)NC(=O)OC(C)(C)C)c(C)c2)CC1. The third-order valence-electron chi connectivity index (χ3n) is 4.78. The summed E-state index contributed by atoms with van der Waals surface area (Å²) in [7, 11) is 0. The van der Waals surface area contributed by atoms with Crippen molar-refractivity contribution in [2.45, 2.75) is 53.2 Å². The average Bonchev–Trinajstić information content (AvgIpc) is 2.61. The van der Waals surface area contributed by atoms with Gasteiger partial charge < -0.3 is 25.2 Å². The van der Waals surface area contributed by atoms with E-state index in [0.29, 0.717) is 0 Å². The van der Waals surface area contributed by atoms with Crippen LogP contribution in [0.5, 0.6) is 0 Å². The van der Waals surface area contributed by atoms with Crippen LogP contribution in [0.1, 0.15) is 40.2 Å². The highest BCUT2D eigenvalue weighted by Gasteiger charge is 2.22. The minimum absolute atomic E-state index is 0.279. The van der Waals surface area contributed by atoms with Gasteiger partial charge in [0.1, 0.15) is 11.6 Å². The van der Waals surface area contributed by atoms with Crippen molar-refractivity contribution in [1.82, 2.24) is 10.2 Å². The number of hydrogen-bond acceptors (Lipinski definition) is 5. The lowest BCUT2D eigenvalue weighted by Gasteiger charge is -2.35. The van der Waals surface area contributed by atoms with Crippen LogP contribution in [0.3, 0.4) is 0 Å². The molecule has 0 unspecified atom stereocenters. The molecule has 1 fully saturated rings. The highest BCUT2D eigenvalue weighted by atomic mass is 16.6. The van der Waals surface area contributed by atoms with Crippen LogP contribution in [0, 0.1) is 6.92 Å². The van der Waals surface area contributed by atoms with E-state index in [1.807, 2.05) is 19.1 Å². The second-order valence-corrected chi connectivity index (χ2v) is 8.28. The molecule has 0 bridgehead atoms. The number of likely N-dealkylation sites (N-methyl/N-ethyl adjacent to an activating group) is 1. The number of rotatable bonds is 5. The number of benzene rings is 1. The van der Waals surface area contributed by atoms with Crippen LogP contribution in [-0.2, 0) is 9.53 Å². The van der Waals surface area contributed by atoms with Crippen molar-refractivity contribution in [2.24, 2.45) is 0 Å². The zero-order valence-corrected chi connectivity index (χ0v) is 18.0. The van der Waals surface area contributed by atoms with Crippen LogP contribution in [0.25, 0.3) is 0 Å². The Kier molecular flexibility index (Phi) is 7.29. The van der Waals surface area contributed by atoms with E-state index in [4.69, 9.17) is 4.74 Å². The van der Waals surface area contributed by atoms with E-state index in [2.05, 4.69) is 33.4 Å². The molecule has 1 aliphatic heterocycles. The second-order valence-electron chi connectivity index (χ2n) is 8.28. The van der Waals surface area contributed by atoms with Crippen molar-refractivity contribution < 1.29 is 14.3 Å². The number of anilines is 2. The quantitative estimate of drug-likeness (QED) is 0.809. The molecule has 7 nitrogen and oxygen atoms in total. The minimum Gasteiger partial charge on any atom is -0.444 e. The Morgan fingerprint density at radius 3 is 2.36 bits per heavy atom. The fourth-order valence-electron chi connectivity index (χ4n) is 3.10. The third kappa shape index (κ3) is 6.41. The molecule has 1 atom stereocenters. The highest BCUT2D eigenvalue weighted by Crippen LogP contribution is 2.24. The van der Waals surface area contributed by atoms with Crippen LogP contribution in [0.2, 0.25) is 0 Å². The smallest absolute Gasteiger partial charge is 0.408 e. The molecule has 156 valence electrons. The summed E-state index contributed by atoms with van der Waals surface area (Å²) in [6.07, 6.45) is -0.603. The van der Waals surface area contributed by atoms with Gasteiger partial charge in [-0.25, -0.2) is 4.79 Å². The summed E-state index contributed by atoms with van der Waals surface area (Å²) in [6.45, 7) is 16.4. The molecular weight excluding hydrogens is 356 g/mol. The molecule has 0 saturated carbocycles. The molecule has 1 aromatic rings. The van der Waals surface area contributed by atoms with Gasteiger partial charge in [0.05, 0.1) is 0 Å². The van der Waals surface area contributed by atoms with Crippen molar-refractivity contribution in [3.8, 4) is 0 Å². The zero-order valence-electron chi connectivity index (χ0n) is 18.0. The molecular formula is C21H34N4O3. The second kappa shape index (κ2) is 9.28. The molecule has 1 aromatic carbocycles. The summed E-state index contributed by atoms with van der Waals surface area (Å²) >= 11 is 0. The van der Waals surface area contributed by atoms with Gasteiger partial charge >= 0.3 is 6.09 Å². The Bertz CT molecular complexity index is 691. The van der Waals surface area contributed by atoms with E-state index in [1.165, 1.54) is 5.69 Å². The molecule has 1 aliphatic rings. The maximum atomic E-state index is 12.4. The normalized spacial score (nSPS) is 16.4. The van der Waals surface area contributed by atoms with Gasteiger partial charge in [0.25, 0.3) is 0 Å². The van der Waals surface area contributed by atoms with Crippen LogP contribution < -0.4 is 15.5 Å². The summed E-state index contributed by atoms with van der Waals surface area (Å²) in [5.74, 6) is -0.279. The van der Waals surface area contributed by atoms with Crippen molar-refractivity contribution in [3.63, 3.8) is 0 Å². The number of alkyl carbamates (subject to hydrolysis) is 1. The number of ether oxygens (including phenoxy) is 1. The van der Waals surface area contributed by atoms with Gasteiger partial charge in [-0.15, -0.1) is 0 Å². The molecule has 0 aromatic heterocycles. The van der Waals surface area contributed by atoms with Gasteiger partial charge in [-0.3, -0.25) is 4.79 Å². The number of aryl methyl sites for hydroxylation is 1. The van der Waals surface area contributed by atoms with Crippen molar-refractivity contribution in [3.05, 3.63) is 23.8 Å². The summed E-state index contributed by atoms with van der Waals surface area (Å²) < 4.78 is 5.19. The Morgan fingerprint density at radius 1 is 1.18 bits per heavy atom. The molecule has 0 radical (unpaired) electrons. The zero-order chi connectivity index (χ0) is 20.9. The topological polar surface area (TPSA) is 73.9 Å². The number of carbonyl (C=O) groups excluding carboxylic acids is 2. The van der Waals surface area contributed by atoms with E-state index in [1.54, 1.807) is 27.7 Å². The molecule has 2 rings (SSSR count). The lowest BCUT2D eigenvalue weighted by Crippen LogP contribution is -2.46. The summed E-state index contributed by atoms with van der Waals surface area (Å²) in [6, 6.07) is 5.37. The Morgan fingerprint density at radius 2 is 1.82 bits per heavy atom. The number of nitrogens with one attached hydrogen (secondary N) is 2. The third-order valence-corrected chi connectivity index (χ3v) is 4.78. The molecule has 1 saturated heterocycles. The molecule has 7 heteroatoms. The van der Waals surface area contributed by atoms with Gasteiger partial charge in [0, 0.05) is 37.6 Å². The number of carbonyl (C=O) groups is 2. The van der Waals surface area contributed by atoms with Gasteiger partial charge in [0.2, 0.25) is 5.91 Å². The van der Waals surface area contributed by atoms with Crippen LogP contribution in [-0.4, -0.2) is 61.3 Å². The molecule has 2 amide bonds. The predicted octanol–water partition coefficient (Wildman–Crippen LogP) is 2.99. The monoisotopic (exact) mass is 390 g/mol. The van der Waals surface area contributed by atoms with Crippen LogP contribution in [0.4, 0.5) is 16.2 Å². The Hall–Kier alpha value is -2.28. The van der Waals surface area contributed by atoms with Gasteiger partial charge in [0.15, 0.2) is 0 Å². The van der Waals surface area contributed by atoms with E-state index in [0.717, 1.165) is 44.0 Å². The lowest BCUT2D eigenvalue weighted by molar-refractivity contribution is -0.117. The number of amides is 2. The fraction of sp³-hybridized carbons (Fsp3) is 0.619. The van der Waals surface area contributed by atoms with Crippen molar-refractivity contribution in [2.75, 3.05) is 42.9 Å².